The van der Waals surface area contributed by atoms with E-state index in [4.69, 9.17) is 0 Å². The van der Waals surface area contributed by atoms with Crippen LogP contribution in [0.15, 0.2) is 43.1 Å². The second kappa shape index (κ2) is 8.03. The molecule has 4 aromatic rings. The third-order valence-electron chi connectivity index (χ3n) is 6.85. The van der Waals surface area contributed by atoms with Crippen LogP contribution in [-0.2, 0) is 13.5 Å². The number of aryl methyl sites for hydroxylation is 1. The quantitative estimate of drug-likeness (QED) is 0.418. The largest absolute Gasteiger partial charge is 0.325 e. The first-order chi connectivity index (χ1) is 16.9. The van der Waals surface area contributed by atoms with Crippen LogP contribution in [0.25, 0.3) is 16.9 Å². The van der Waals surface area contributed by atoms with E-state index in [0.29, 0.717) is 29.9 Å². The first kappa shape index (κ1) is 21.5. The maximum atomic E-state index is 14.0. The van der Waals surface area contributed by atoms with Gasteiger partial charge in [0.05, 0.1) is 23.1 Å². The Bertz CT molecular complexity index is 1430. The van der Waals surface area contributed by atoms with Gasteiger partial charge in [0.2, 0.25) is 0 Å². The molecule has 0 aliphatic carbocycles. The number of pyridine rings is 1. The molecule has 0 spiro atoms. The Morgan fingerprint density at radius 1 is 1.06 bits per heavy atom. The Hall–Kier alpha value is -4.02. The zero-order valence-electron chi connectivity index (χ0n) is 18.7. The van der Waals surface area contributed by atoms with E-state index in [-0.39, 0.29) is 23.6 Å². The van der Waals surface area contributed by atoms with Crippen molar-refractivity contribution in [3.63, 3.8) is 0 Å². The van der Waals surface area contributed by atoms with E-state index in [0.717, 1.165) is 36.2 Å². The second-order valence-electron chi connectivity index (χ2n) is 8.88. The van der Waals surface area contributed by atoms with Gasteiger partial charge in [-0.1, -0.05) is 0 Å². The van der Waals surface area contributed by atoms with E-state index >= 15 is 0 Å². The maximum absolute atomic E-state index is 14.0. The van der Waals surface area contributed by atoms with Crippen molar-refractivity contribution in [2.75, 3.05) is 0 Å². The van der Waals surface area contributed by atoms with Gasteiger partial charge in [-0.05, 0) is 49.9 Å². The van der Waals surface area contributed by atoms with E-state index in [1.54, 1.807) is 47.3 Å². The number of hydrogen-bond donors (Lipinski definition) is 0. The van der Waals surface area contributed by atoms with Crippen molar-refractivity contribution < 1.29 is 18.0 Å². The normalized spacial score (nSPS) is 19.0. The molecule has 1 amide bonds. The van der Waals surface area contributed by atoms with Crippen LogP contribution in [0.2, 0.25) is 0 Å². The summed E-state index contributed by atoms with van der Waals surface area (Å²) in [7, 11) is 1.69. The standard InChI is InChI=1S/C24H20F3N7O/c1-32-23(13-7-17(25)21(27)18(26)8-13)16-9-15-3-2-4-20(22(16)31-32)34(15)24(35)19-10-14(5-6-28-19)33-11-29-30-12-33/h5-8,10-12,15,20H,2-4,9H2,1H3. The molecule has 2 aliphatic heterocycles. The number of benzene rings is 1. The molecule has 1 fully saturated rings. The molecule has 0 N–H and O–H groups in total. The number of piperidine rings is 1. The molecular weight excluding hydrogens is 459 g/mol. The van der Waals surface area contributed by atoms with Gasteiger partial charge in [0.1, 0.15) is 18.3 Å². The van der Waals surface area contributed by atoms with Crippen LogP contribution >= 0.6 is 0 Å². The van der Waals surface area contributed by atoms with Crippen molar-refractivity contribution in [1.29, 1.82) is 0 Å². The average Bonchev–Trinajstić information content (AvgIpc) is 3.50. The molecule has 0 radical (unpaired) electrons. The Morgan fingerprint density at radius 3 is 2.54 bits per heavy atom. The summed E-state index contributed by atoms with van der Waals surface area (Å²) in [6, 6.07) is 5.03. The van der Waals surface area contributed by atoms with Crippen molar-refractivity contribution in [1.82, 2.24) is 34.4 Å². The van der Waals surface area contributed by atoms with Crippen LogP contribution < -0.4 is 0 Å². The molecule has 0 saturated carbocycles. The van der Waals surface area contributed by atoms with E-state index in [2.05, 4.69) is 20.3 Å². The van der Waals surface area contributed by atoms with Gasteiger partial charge < -0.3 is 4.90 Å². The molecule has 178 valence electrons. The number of carbonyl (C=O) groups is 1. The number of hydrogen-bond acceptors (Lipinski definition) is 5. The van der Waals surface area contributed by atoms with Crippen LogP contribution in [0.3, 0.4) is 0 Å². The van der Waals surface area contributed by atoms with Gasteiger partial charge in [-0.15, -0.1) is 10.2 Å². The van der Waals surface area contributed by atoms with Gasteiger partial charge in [0.25, 0.3) is 5.91 Å². The third-order valence-corrected chi connectivity index (χ3v) is 6.85. The molecule has 5 heterocycles. The van der Waals surface area contributed by atoms with Crippen LogP contribution in [0, 0.1) is 17.5 Å². The zero-order valence-corrected chi connectivity index (χ0v) is 18.7. The van der Waals surface area contributed by atoms with Gasteiger partial charge in [-0.3, -0.25) is 19.0 Å². The lowest BCUT2D eigenvalue weighted by molar-refractivity contribution is 0.0386. The molecule has 2 atom stereocenters. The molecule has 6 rings (SSSR count). The topological polar surface area (TPSA) is 81.7 Å². The predicted octanol–water partition coefficient (Wildman–Crippen LogP) is 3.77. The third kappa shape index (κ3) is 3.41. The first-order valence-electron chi connectivity index (χ1n) is 11.3. The fourth-order valence-electron chi connectivity index (χ4n) is 5.37. The van der Waals surface area contributed by atoms with Crippen LogP contribution in [-0.4, -0.2) is 46.4 Å². The minimum atomic E-state index is -1.50. The Balaban J connectivity index is 1.40. The van der Waals surface area contributed by atoms with E-state index in [1.807, 2.05) is 4.90 Å². The highest BCUT2D eigenvalue weighted by Gasteiger charge is 2.44. The predicted molar refractivity (Wildman–Crippen MR) is 118 cm³/mol. The van der Waals surface area contributed by atoms with Gasteiger partial charge in [-0.2, -0.15) is 5.10 Å². The maximum Gasteiger partial charge on any atom is 0.273 e. The van der Waals surface area contributed by atoms with Gasteiger partial charge in [-0.25, -0.2) is 13.2 Å². The number of rotatable bonds is 3. The van der Waals surface area contributed by atoms with Crippen LogP contribution in [0.5, 0.6) is 0 Å². The number of amides is 1. The molecule has 1 aromatic carbocycles. The second-order valence-corrected chi connectivity index (χ2v) is 8.88. The lowest BCUT2D eigenvalue weighted by Gasteiger charge is -2.45. The Labute approximate surface area is 198 Å². The number of fused-ring (bicyclic) bond motifs is 4. The van der Waals surface area contributed by atoms with Crippen LogP contribution in [0.4, 0.5) is 13.2 Å². The number of carbonyl (C=O) groups excluding carboxylic acids is 1. The fourth-order valence-corrected chi connectivity index (χ4v) is 5.37. The Morgan fingerprint density at radius 2 is 1.80 bits per heavy atom. The van der Waals surface area contributed by atoms with E-state index < -0.39 is 17.5 Å². The number of aromatic nitrogens is 6. The molecule has 2 unspecified atom stereocenters. The molecule has 1 saturated heterocycles. The molecule has 11 heteroatoms. The lowest BCUT2D eigenvalue weighted by Crippen LogP contribution is -2.50. The summed E-state index contributed by atoms with van der Waals surface area (Å²) in [5, 5.41) is 12.3. The highest BCUT2D eigenvalue weighted by molar-refractivity contribution is 5.93. The van der Waals surface area contributed by atoms with E-state index in [9.17, 15) is 18.0 Å². The van der Waals surface area contributed by atoms with Crippen molar-refractivity contribution in [2.45, 2.75) is 37.8 Å². The SMILES string of the molecule is Cn1nc2c(c1-c1cc(F)c(F)c(F)c1)CC1CCCC2N1C(=O)c1cc(-n2cnnc2)ccn1. The Kier molecular flexibility index (Phi) is 4.94. The average molecular weight is 479 g/mol. The molecule has 2 aliphatic rings. The monoisotopic (exact) mass is 479 g/mol. The fraction of sp³-hybridized carbons (Fsp3) is 0.292. The van der Waals surface area contributed by atoms with Crippen molar-refractivity contribution in [2.24, 2.45) is 7.05 Å². The summed E-state index contributed by atoms with van der Waals surface area (Å²) >= 11 is 0. The first-order valence-corrected chi connectivity index (χ1v) is 11.3. The van der Waals surface area contributed by atoms with Crippen molar-refractivity contribution in [3.05, 3.63) is 77.5 Å². The molecule has 8 nitrogen and oxygen atoms in total. The smallest absolute Gasteiger partial charge is 0.273 e. The van der Waals surface area contributed by atoms with Crippen molar-refractivity contribution >= 4 is 5.91 Å². The van der Waals surface area contributed by atoms with Crippen LogP contribution in [0.1, 0.15) is 47.1 Å². The molecule has 3 aromatic heterocycles. The lowest BCUT2D eigenvalue weighted by atomic mass is 9.81. The van der Waals surface area contributed by atoms with Gasteiger partial charge in [0, 0.05) is 30.4 Å². The van der Waals surface area contributed by atoms with Gasteiger partial charge in [0.15, 0.2) is 17.5 Å². The molecule has 2 bridgehead atoms. The summed E-state index contributed by atoms with van der Waals surface area (Å²) in [6.07, 6.45) is 7.56. The zero-order chi connectivity index (χ0) is 24.3. The minimum absolute atomic E-state index is 0.118. The highest BCUT2D eigenvalue weighted by atomic mass is 19.2. The molecular formula is C24H20F3N7O. The number of halogens is 3. The summed E-state index contributed by atoms with van der Waals surface area (Å²) in [5.41, 5.74) is 3.31. The minimum Gasteiger partial charge on any atom is -0.325 e. The summed E-state index contributed by atoms with van der Waals surface area (Å²) < 4.78 is 44.8. The van der Waals surface area contributed by atoms with E-state index in [1.165, 1.54) is 0 Å². The summed E-state index contributed by atoms with van der Waals surface area (Å²) in [6.45, 7) is 0. The van der Waals surface area contributed by atoms with Gasteiger partial charge >= 0.3 is 0 Å². The van der Waals surface area contributed by atoms with Crippen molar-refractivity contribution in [3.8, 4) is 16.9 Å². The molecule has 35 heavy (non-hydrogen) atoms. The highest BCUT2D eigenvalue weighted by Crippen LogP contribution is 2.45. The number of nitrogens with zero attached hydrogens (tertiary/aromatic N) is 7. The summed E-state index contributed by atoms with van der Waals surface area (Å²) in [5.74, 6) is -4.20. The summed E-state index contributed by atoms with van der Waals surface area (Å²) in [4.78, 5) is 19.8.